The molecule has 3 aromatic carbocycles. The number of sulfonamides is 1. The van der Waals surface area contributed by atoms with Crippen molar-refractivity contribution in [3.63, 3.8) is 0 Å². The highest BCUT2D eigenvalue weighted by Crippen LogP contribution is 2.39. The van der Waals surface area contributed by atoms with Crippen molar-refractivity contribution in [3.8, 4) is 39.6 Å². The van der Waals surface area contributed by atoms with Crippen LogP contribution in [0.4, 0.5) is 0 Å². The van der Waals surface area contributed by atoms with Crippen molar-refractivity contribution in [3.05, 3.63) is 96.2 Å². The van der Waals surface area contributed by atoms with E-state index in [1.165, 1.54) is 0 Å². The summed E-state index contributed by atoms with van der Waals surface area (Å²) in [6.07, 6.45) is 1.57. The summed E-state index contributed by atoms with van der Waals surface area (Å²) in [6, 6.07) is 24.5. The van der Waals surface area contributed by atoms with Crippen molar-refractivity contribution in [1.29, 1.82) is 5.26 Å². The van der Waals surface area contributed by atoms with Crippen LogP contribution in [0.2, 0.25) is 0 Å². The lowest BCUT2D eigenvalue weighted by Gasteiger charge is -2.22. The lowest BCUT2D eigenvalue weighted by molar-refractivity contribution is 0.100. The molecule has 7 nitrogen and oxygen atoms in total. The van der Waals surface area contributed by atoms with E-state index in [-0.39, 0.29) is 10.5 Å². The molecule has 0 saturated heterocycles. The van der Waals surface area contributed by atoms with E-state index in [4.69, 9.17) is 5.73 Å². The molecule has 0 radical (unpaired) electrons. The number of amides is 1. The topological polar surface area (TPSA) is 126 Å². The maximum Gasteiger partial charge on any atom is 0.251 e. The molecular weight excluding hydrogens is 484 g/mol. The van der Waals surface area contributed by atoms with Gasteiger partial charge in [-0.25, -0.2) is 13.1 Å². The number of rotatable bonds is 6. The van der Waals surface area contributed by atoms with Crippen LogP contribution in [0.1, 0.15) is 36.7 Å². The minimum Gasteiger partial charge on any atom is -0.366 e. The number of nitrogens with two attached hydrogens (primary N) is 1. The number of nitrogens with one attached hydrogen (secondary N) is 1. The van der Waals surface area contributed by atoms with Crippen molar-refractivity contribution in [1.82, 2.24) is 9.71 Å². The van der Waals surface area contributed by atoms with Gasteiger partial charge in [-0.15, -0.1) is 0 Å². The number of carbonyl (C=O) groups is 1. The van der Waals surface area contributed by atoms with Crippen LogP contribution in [0, 0.1) is 11.3 Å². The van der Waals surface area contributed by atoms with Gasteiger partial charge in [-0.3, -0.25) is 9.78 Å². The molecule has 3 N–H and O–H groups in total. The van der Waals surface area contributed by atoms with E-state index in [0.717, 1.165) is 0 Å². The van der Waals surface area contributed by atoms with E-state index in [1.807, 2.05) is 24.3 Å². The average molecular weight is 511 g/mol. The average Bonchev–Trinajstić information content (AvgIpc) is 2.87. The second-order valence-corrected chi connectivity index (χ2v) is 11.2. The molecule has 0 spiro atoms. The molecule has 0 aliphatic heterocycles. The number of pyridine rings is 1. The summed E-state index contributed by atoms with van der Waals surface area (Å²) in [4.78, 5) is 17.3. The van der Waals surface area contributed by atoms with Crippen LogP contribution in [0.15, 0.2) is 90.0 Å². The first-order chi connectivity index (χ1) is 17.5. The second kappa shape index (κ2) is 9.97. The van der Waals surface area contributed by atoms with Crippen LogP contribution in [0.3, 0.4) is 0 Å². The second-order valence-electron chi connectivity index (χ2n) is 9.54. The summed E-state index contributed by atoms with van der Waals surface area (Å²) < 4.78 is 29.4. The maximum atomic E-state index is 13.3. The quantitative estimate of drug-likeness (QED) is 0.372. The first-order valence-electron chi connectivity index (χ1n) is 11.5. The molecule has 1 amide bonds. The highest BCUT2D eigenvalue weighted by atomic mass is 32.2. The van der Waals surface area contributed by atoms with Gasteiger partial charge in [0.15, 0.2) is 0 Å². The van der Waals surface area contributed by atoms with Gasteiger partial charge in [0.1, 0.15) is 0 Å². The van der Waals surface area contributed by atoms with Crippen LogP contribution >= 0.6 is 0 Å². The molecule has 0 bridgehead atoms. The molecular formula is C29H26N4O3S. The number of aromatic nitrogens is 1. The Balaban J connectivity index is 1.98. The van der Waals surface area contributed by atoms with E-state index in [2.05, 4.69) is 15.8 Å². The van der Waals surface area contributed by atoms with E-state index >= 15 is 0 Å². The van der Waals surface area contributed by atoms with Gasteiger partial charge in [0.05, 0.1) is 27.8 Å². The first-order valence-corrected chi connectivity index (χ1v) is 13.0. The monoisotopic (exact) mass is 510 g/mol. The molecule has 4 aromatic rings. The fourth-order valence-corrected chi connectivity index (χ4v) is 5.87. The van der Waals surface area contributed by atoms with E-state index < -0.39 is 21.5 Å². The zero-order valence-electron chi connectivity index (χ0n) is 20.7. The molecule has 0 unspecified atom stereocenters. The van der Waals surface area contributed by atoms with Crippen LogP contribution in [0.25, 0.3) is 33.5 Å². The summed E-state index contributed by atoms with van der Waals surface area (Å²) >= 11 is 0. The normalized spacial score (nSPS) is 11.6. The third-order valence-electron chi connectivity index (χ3n) is 5.59. The van der Waals surface area contributed by atoms with Crippen LogP contribution in [-0.2, 0) is 10.0 Å². The molecule has 0 fully saturated rings. The van der Waals surface area contributed by atoms with E-state index in [1.54, 1.807) is 81.6 Å². The number of benzene rings is 3. The van der Waals surface area contributed by atoms with Crippen LogP contribution < -0.4 is 10.5 Å². The number of nitriles is 1. The predicted octanol–water partition coefficient (Wildman–Crippen LogP) is 5.13. The number of hydrogen-bond acceptors (Lipinski definition) is 5. The summed E-state index contributed by atoms with van der Waals surface area (Å²) in [5, 5.41) is 9.33. The minimum absolute atomic E-state index is 0.119. The van der Waals surface area contributed by atoms with Gasteiger partial charge < -0.3 is 5.73 Å². The number of hydrogen-bond donors (Lipinski definition) is 2. The van der Waals surface area contributed by atoms with E-state index in [0.29, 0.717) is 39.1 Å². The Hall–Kier alpha value is -4.32. The fraction of sp³-hybridized carbons (Fsp3) is 0.138. The lowest BCUT2D eigenvalue weighted by Crippen LogP contribution is -2.40. The molecule has 0 atom stereocenters. The van der Waals surface area contributed by atoms with Gasteiger partial charge >= 0.3 is 0 Å². The SMILES string of the molecule is CC(C)(C)NS(=O)(=O)c1ccccc1-c1ccccc1-c1ccnc(-c2cccc(C#N)c2)c1C(N)=O. The summed E-state index contributed by atoms with van der Waals surface area (Å²) in [7, 11) is -3.87. The number of primary amides is 1. The molecule has 0 saturated carbocycles. The molecule has 1 heterocycles. The van der Waals surface area contributed by atoms with Gasteiger partial charge in [0.25, 0.3) is 5.91 Å². The largest absolute Gasteiger partial charge is 0.366 e. The van der Waals surface area contributed by atoms with Crippen molar-refractivity contribution >= 4 is 15.9 Å². The highest BCUT2D eigenvalue weighted by molar-refractivity contribution is 7.89. The smallest absolute Gasteiger partial charge is 0.251 e. The Morgan fingerprint density at radius 1 is 0.892 bits per heavy atom. The van der Waals surface area contributed by atoms with Crippen molar-refractivity contribution in [2.45, 2.75) is 31.2 Å². The highest BCUT2D eigenvalue weighted by Gasteiger charge is 2.26. The fourth-order valence-electron chi connectivity index (χ4n) is 4.22. The molecule has 186 valence electrons. The Morgan fingerprint density at radius 3 is 2.14 bits per heavy atom. The third-order valence-corrected chi connectivity index (χ3v) is 7.40. The minimum atomic E-state index is -3.87. The zero-order valence-corrected chi connectivity index (χ0v) is 21.5. The molecule has 0 aliphatic carbocycles. The Labute approximate surface area is 216 Å². The standard InChI is InChI=1S/C29H26N4O3S/c1-29(2,3)33-37(35,36)25-14-7-6-13-23(25)21-11-4-5-12-22(21)24-15-16-32-27(26(24)28(31)34)20-10-8-9-19(17-20)18-30/h4-17,33H,1-3H3,(H2,31,34). The number of nitrogens with zero attached hydrogens (tertiary/aromatic N) is 2. The molecule has 1 aromatic heterocycles. The van der Waals surface area contributed by atoms with Gasteiger partial charge in [-0.1, -0.05) is 54.6 Å². The van der Waals surface area contributed by atoms with Gasteiger partial charge in [0.2, 0.25) is 10.0 Å². The van der Waals surface area contributed by atoms with Gasteiger partial charge in [-0.05, 0) is 61.7 Å². The summed E-state index contributed by atoms with van der Waals surface area (Å²) in [6.45, 7) is 5.33. The van der Waals surface area contributed by atoms with Crippen LogP contribution in [0.5, 0.6) is 0 Å². The van der Waals surface area contributed by atoms with Gasteiger partial charge in [-0.2, -0.15) is 5.26 Å². The number of carbonyl (C=O) groups excluding carboxylic acids is 1. The van der Waals surface area contributed by atoms with Gasteiger partial charge in [0, 0.05) is 22.9 Å². The van der Waals surface area contributed by atoms with Crippen molar-refractivity contribution in [2.75, 3.05) is 0 Å². The molecule has 4 rings (SSSR count). The lowest BCUT2D eigenvalue weighted by atomic mass is 9.90. The van der Waals surface area contributed by atoms with Crippen LogP contribution in [-0.4, -0.2) is 24.8 Å². The van der Waals surface area contributed by atoms with Crippen molar-refractivity contribution < 1.29 is 13.2 Å². The summed E-state index contributed by atoms with van der Waals surface area (Å²) in [5.41, 5.74) is 8.93. The van der Waals surface area contributed by atoms with Crippen molar-refractivity contribution in [2.24, 2.45) is 5.73 Å². The Morgan fingerprint density at radius 2 is 1.51 bits per heavy atom. The molecule has 8 heteroatoms. The summed E-state index contributed by atoms with van der Waals surface area (Å²) in [5.74, 6) is -0.689. The zero-order chi connectivity index (χ0) is 26.8. The third kappa shape index (κ3) is 5.43. The maximum absolute atomic E-state index is 13.3. The Bertz CT molecular complexity index is 1650. The first kappa shape index (κ1) is 25.8. The molecule has 37 heavy (non-hydrogen) atoms. The predicted molar refractivity (Wildman–Crippen MR) is 144 cm³/mol. The molecule has 0 aliphatic rings. The van der Waals surface area contributed by atoms with E-state index in [9.17, 15) is 18.5 Å². The Kier molecular flexibility index (Phi) is 6.94.